The Morgan fingerprint density at radius 2 is 2.17 bits per heavy atom. The molecular weight excluding hydrogens is 294 g/mol. The summed E-state index contributed by atoms with van der Waals surface area (Å²) < 4.78 is 5.93. The highest BCUT2D eigenvalue weighted by molar-refractivity contribution is 9.10. The first-order valence-corrected chi connectivity index (χ1v) is 6.75. The van der Waals surface area contributed by atoms with E-state index in [1.807, 2.05) is 30.3 Å². The van der Waals surface area contributed by atoms with Gasteiger partial charge in [0.1, 0.15) is 5.92 Å². The molecule has 0 saturated heterocycles. The van der Waals surface area contributed by atoms with Gasteiger partial charge in [-0.15, -0.1) is 0 Å². The van der Waals surface area contributed by atoms with E-state index in [1.54, 1.807) is 0 Å². The summed E-state index contributed by atoms with van der Waals surface area (Å²) in [4.78, 5) is 12.0. The van der Waals surface area contributed by atoms with Gasteiger partial charge in [-0.05, 0) is 30.7 Å². The van der Waals surface area contributed by atoms with E-state index in [2.05, 4.69) is 27.3 Å². The van der Waals surface area contributed by atoms with Crippen LogP contribution in [0.3, 0.4) is 0 Å². The minimum atomic E-state index is -0.292. The lowest BCUT2D eigenvalue weighted by Gasteiger charge is -2.26. The SMILES string of the molecule is COC(=O)C(c1ccc(Br)cc1)C1C=CCCN1. The zero-order chi connectivity index (χ0) is 13.0. The van der Waals surface area contributed by atoms with Crippen LogP contribution in [0.5, 0.6) is 0 Å². The maximum atomic E-state index is 12.0. The van der Waals surface area contributed by atoms with Crippen molar-refractivity contribution in [1.82, 2.24) is 5.32 Å². The zero-order valence-corrected chi connectivity index (χ0v) is 11.8. The fourth-order valence-corrected chi connectivity index (χ4v) is 2.42. The lowest BCUT2D eigenvalue weighted by Crippen LogP contribution is -2.39. The molecule has 4 heteroatoms. The van der Waals surface area contributed by atoms with Crippen molar-refractivity contribution < 1.29 is 9.53 Å². The number of methoxy groups -OCH3 is 1. The number of hydrogen-bond donors (Lipinski definition) is 1. The Labute approximate surface area is 115 Å². The van der Waals surface area contributed by atoms with Gasteiger partial charge in [0.05, 0.1) is 7.11 Å². The van der Waals surface area contributed by atoms with Crippen molar-refractivity contribution in [1.29, 1.82) is 0 Å². The Morgan fingerprint density at radius 1 is 1.44 bits per heavy atom. The summed E-state index contributed by atoms with van der Waals surface area (Å²) in [7, 11) is 1.43. The standard InChI is InChI=1S/C14H16BrNO2/c1-18-14(17)13(12-4-2-3-9-16-12)10-5-7-11(15)8-6-10/h2,4-8,12-13,16H,3,9H2,1H3. The van der Waals surface area contributed by atoms with Crippen LogP contribution in [0, 0.1) is 0 Å². The maximum Gasteiger partial charge on any atom is 0.315 e. The van der Waals surface area contributed by atoms with Crippen LogP contribution < -0.4 is 5.32 Å². The minimum absolute atomic E-state index is 0.00683. The van der Waals surface area contributed by atoms with Gasteiger partial charge in [-0.2, -0.15) is 0 Å². The van der Waals surface area contributed by atoms with Gasteiger partial charge in [0.2, 0.25) is 0 Å². The Bertz CT molecular complexity index is 442. The molecule has 1 aromatic rings. The summed E-state index contributed by atoms with van der Waals surface area (Å²) in [5.41, 5.74) is 0.967. The van der Waals surface area contributed by atoms with Crippen molar-refractivity contribution in [3.63, 3.8) is 0 Å². The fraction of sp³-hybridized carbons (Fsp3) is 0.357. The number of rotatable bonds is 3. The second-order valence-electron chi connectivity index (χ2n) is 4.25. The van der Waals surface area contributed by atoms with Crippen molar-refractivity contribution in [3.05, 3.63) is 46.5 Å². The van der Waals surface area contributed by atoms with Crippen LogP contribution in [-0.2, 0) is 9.53 Å². The molecule has 0 amide bonds. The van der Waals surface area contributed by atoms with Crippen LogP contribution in [-0.4, -0.2) is 25.7 Å². The molecule has 0 spiro atoms. The van der Waals surface area contributed by atoms with Gasteiger partial charge in [-0.3, -0.25) is 4.79 Å². The Kier molecular flexibility index (Phi) is 4.55. The smallest absolute Gasteiger partial charge is 0.315 e. The lowest BCUT2D eigenvalue weighted by atomic mass is 9.90. The molecule has 96 valence electrons. The minimum Gasteiger partial charge on any atom is -0.468 e. The molecule has 1 heterocycles. The summed E-state index contributed by atoms with van der Waals surface area (Å²) in [6.07, 6.45) is 5.16. The Hall–Kier alpha value is -1.13. The van der Waals surface area contributed by atoms with Crippen molar-refractivity contribution in [2.24, 2.45) is 0 Å². The van der Waals surface area contributed by atoms with Crippen molar-refractivity contribution in [2.75, 3.05) is 13.7 Å². The highest BCUT2D eigenvalue weighted by Gasteiger charge is 2.29. The molecule has 1 N–H and O–H groups in total. The normalized spacial score (nSPS) is 20.4. The summed E-state index contributed by atoms with van der Waals surface area (Å²) in [6.45, 7) is 0.894. The van der Waals surface area contributed by atoms with E-state index in [4.69, 9.17) is 4.74 Å². The van der Waals surface area contributed by atoms with E-state index in [-0.39, 0.29) is 17.9 Å². The van der Waals surface area contributed by atoms with Crippen LogP contribution in [0.25, 0.3) is 0 Å². The highest BCUT2D eigenvalue weighted by atomic mass is 79.9. The molecule has 1 aromatic carbocycles. The predicted octanol–water partition coefficient (Wildman–Crippen LogP) is 2.62. The van der Waals surface area contributed by atoms with Crippen molar-refractivity contribution in [2.45, 2.75) is 18.4 Å². The third-order valence-electron chi connectivity index (χ3n) is 3.08. The molecule has 0 radical (unpaired) electrons. The first-order chi connectivity index (χ1) is 8.72. The van der Waals surface area contributed by atoms with Gasteiger partial charge in [0, 0.05) is 10.5 Å². The number of halogens is 1. The topological polar surface area (TPSA) is 38.3 Å². The predicted molar refractivity (Wildman–Crippen MR) is 74.4 cm³/mol. The average Bonchev–Trinajstić information content (AvgIpc) is 2.42. The van der Waals surface area contributed by atoms with Gasteiger partial charge >= 0.3 is 5.97 Å². The van der Waals surface area contributed by atoms with Crippen LogP contribution >= 0.6 is 15.9 Å². The van der Waals surface area contributed by atoms with Crippen molar-refractivity contribution in [3.8, 4) is 0 Å². The molecule has 0 aliphatic carbocycles. The number of carbonyl (C=O) groups is 1. The zero-order valence-electron chi connectivity index (χ0n) is 10.2. The molecule has 2 rings (SSSR count). The first-order valence-electron chi connectivity index (χ1n) is 5.95. The number of esters is 1. The molecule has 2 atom stereocenters. The summed E-state index contributed by atoms with van der Waals surface area (Å²) in [5.74, 6) is -0.499. The average molecular weight is 310 g/mol. The fourth-order valence-electron chi connectivity index (χ4n) is 2.16. The Morgan fingerprint density at radius 3 is 2.72 bits per heavy atom. The second kappa shape index (κ2) is 6.16. The van der Waals surface area contributed by atoms with E-state index in [0.717, 1.165) is 23.0 Å². The molecular formula is C14H16BrNO2. The highest BCUT2D eigenvalue weighted by Crippen LogP contribution is 2.25. The largest absolute Gasteiger partial charge is 0.468 e. The van der Waals surface area contributed by atoms with E-state index in [1.165, 1.54) is 7.11 Å². The molecule has 0 fully saturated rings. The van der Waals surface area contributed by atoms with Crippen LogP contribution in [0.2, 0.25) is 0 Å². The molecule has 3 nitrogen and oxygen atoms in total. The first kappa shape index (κ1) is 13.3. The molecule has 1 aliphatic heterocycles. The Balaban J connectivity index is 2.29. The van der Waals surface area contributed by atoms with Gasteiger partial charge < -0.3 is 10.1 Å². The molecule has 0 bridgehead atoms. The van der Waals surface area contributed by atoms with E-state index < -0.39 is 0 Å². The van der Waals surface area contributed by atoms with Crippen LogP contribution in [0.15, 0.2) is 40.9 Å². The molecule has 1 aliphatic rings. The van der Waals surface area contributed by atoms with E-state index >= 15 is 0 Å². The molecule has 0 saturated carbocycles. The summed E-state index contributed by atoms with van der Waals surface area (Å²) in [6, 6.07) is 7.80. The number of carbonyl (C=O) groups excluding carboxylic acids is 1. The molecule has 0 aromatic heterocycles. The molecule has 2 unspecified atom stereocenters. The van der Waals surface area contributed by atoms with Gasteiger partial charge in [-0.1, -0.05) is 40.2 Å². The quantitative estimate of drug-likeness (QED) is 0.689. The van der Waals surface area contributed by atoms with Crippen LogP contribution in [0.4, 0.5) is 0 Å². The van der Waals surface area contributed by atoms with Crippen molar-refractivity contribution >= 4 is 21.9 Å². The summed E-state index contributed by atoms with van der Waals surface area (Å²) >= 11 is 3.40. The number of ether oxygens (including phenoxy) is 1. The monoisotopic (exact) mass is 309 g/mol. The second-order valence-corrected chi connectivity index (χ2v) is 5.16. The van der Waals surface area contributed by atoms with E-state index in [9.17, 15) is 4.79 Å². The van der Waals surface area contributed by atoms with Gasteiger partial charge in [0.25, 0.3) is 0 Å². The molecule has 18 heavy (non-hydrogen) atoms. The number of benzene rings is 1. The third-order valence-corrected chi connectivity index (χ3v) is 3.61. The maximum absolute atomic E-state index is 12.0. The third kappa shape index (κ3) is 3.00. The van der Waals surface area contributed by atoms with Gasteiger partial charge in [0.15, 0.2) is 0 Å². The lowest BCUT2D eigenvalue weighted by molar-refractivity contribution is -0.142. The number of nitrogens with one attached hydrogen (secondary N) is 1. The van der Waals surface area contributed by atoms with Crippen LogP contribution in [0.1, 0.15) is 17.9 Å². The summed E-state index contributed by atoms with van der Waals surface area (Å²) in [5, 5.41) is 3.35. The van der Waals surface area contributed by atoms with Gasteiger partial charge in [-0.25, -0.2) is 0 Å². The number of hydrogen-bond acceptors (Lipinski definition) is 3. The van der Waals surface area contributed by atoms with E-state index in [0.29, 0.717) is 0 Å².